The van der Waals surface area contributed by atoms with Crippen LogP contribution >= 0.6 is 0 Å². The molecular formula is C26H26F7N3O4. The fourth-order valence-electron chi connectivity index (χ4n) is 3.75. The van der Waals surface area contributed by atoms with E-state index in [-0.39, 0.29) is 31.0 Å². The van der Waals surface area contributed by atoms with Crippen molar-refractivity contribution in [3.63, 3.8) is 0 Å². The lowest BCUT2D eigenvalue weighted by atomic mass is 9.98. The van der Waals surface area contributed by atoms with E-state index < -0.39 is 52.3 Å². The molecular weight excluding hydrogens is 551 g/mol. The molecule has 1 fully saturated rings. The van der Waals surface area contributed by atoms with E-state index in [9.17, 15) is 35.5 Å². The maximum Gasteiger partial charge on any atom is 0.420 e. The number of benzene rings is 2. The highest BCUT2D eigenvalue weighted by atomic mass is 19.4. The van der Waals surface area contributed by atoms with Gasteiger partial charge in [-0.25, -0.2) is 9.18 Å². The van der Waals surface area contributed by atoms with Gasteiger partial charge in [0.05, 0.1) is 30.4 Å². The third-order valence-corrected chi connectivity index (χ3v) is 5.84. The number of hydrogen-bond acceptors (Lipinski definition) is 6. The summed E-state index contributed by atoms with van der Waals surface area (Å²) in [5.41, 5.74) is -4.71. The second kappa shape index (κ2) is 13.1. The van der Waals surface area contributed by atoms with Crippen molar-refractivity contribution in [2.75, 3.05) is 38.3 Å². The first-order chi connectivity index (χ1) is 18.8. The number of nitrogens with one attached hydrogen (secondary N) is 2. The lowest BCUT2D eigenvalue weighted by Crippen LogP contribution is -2.30. The van der Waals surface area contributed by atoms with Crippen LogP contribution in [0.15, 0.2) is 42.6 Å². The van der Waals surface area contributed by atoms with Crippen molar-refractivity contribution in [3.8, 4) is 5.75 Å². The van der Waals surface area contributed by atoms with Crippen molar-refractivity contribution in [1.82, 2.24) is 5.32 Å². The molecule has 1 unspecified atom stereocenters. The molecule has 2 aromatic carbocycles. The number of rotatable bonds is 10. The number of carbonyl (C=O) groups excluding carboxylic acids is 1. The normalized spacial score (nSPS) is 16.1. The Morgan fingerprint density at radius 1 is 1.15 bits per heavy atom. The Labute approximate surface area is 225 Å². The van der Waals surface area contributed by atoms with Crippen molar-refractivity contribution < 1.29 is 49.7 Å². The molecule has 1 amide bonds. The predicted molar refractivity (Wildman–Crippen MR) is 132 cm³/mol. The van der Waals surface area contributed by atoms with Crippen molar-refractivity contribution in [1.29, 1.82) is 5.41 Å². The lowest BCUT2D eigenvalue weighted by molar-refractivity contribution is -0.143. The highest BCUT2D eigenvalue weighted by Crippen LogP contribution is 2.44. The first-order valence-corrected chi connectivity index (χ1v) is 12.0. The maximum atomic E-state index is 14.0. The van der Waals surface area contributed by atoms with Gasteiger partial charge in [0.15, 0.2) is 5.75 Å². The highest BCUT2D eigenvalue weighted by Gasteiger charge is 2.41. The molecule has 40 heavy (non-hydrogen) atoms. The second-order valence-corrected chi connectivity index (χ2v) is 8.71. The largest absolute Gasteiger partial charge is 0.420 e. The first kappa shape index (κ1) is 30.9. The summed E-state index contributed by atoms with van der Waals surface area (Å²) < 4.78 is 112. The number of anilines is 1. The van der Waals surface area contributed by atoms with E-state index >= 15 is 0 Å². The molecule has 1 heterocycles. The van der Waals surface area contributed by atoms with Crippen LogP contribution in [0.5, 0.6) is 5.75 Å². The Morgan fingerprint density at radius 2 is 1.85 bits per heavy atom. The van der Waals surface area contributed by atoms with E-state index in [1.54, 1.807) is 0 Å². The number of halogens is 7. The van der Waals surface area contributed by atoms with E-state index in [2.05, 4.69) is 5.32 Å². The standard InChI is InChI=1S/C26H26F7N3O4/c1-36(19-6-4-18(27)5-7-19)24(37)40-23-21(11-17(25(28,29)30)12-22(23)26(31,32)33)16(13-34)14-35-8-10-38-15-20-3-2-9-39-20/h4-7,11-14,20,34-35H,2-3,8-10,15H2,1H3/b16-14+,34-13?. The molecule has 0 aromatic heterocycles. The summed E-state index contributed by atoms with van der Waals surface area (Å²) in [6.45, 7) is 1.22. The van der Waals surface area contributed by atoms with E-state index in [1.165, 1.54) is 0 Å². The zero-order chi connectivity index (χ0) is 29.5. The predicted octanol–water partition coefficient (Wildman–Crippen LogP) is 6.27. The molecule has 2 N–H and O–H groups in total. The molecule has 2 aromatic rings. The monoisotopic (exact) mass is 577 g/mol. The van der Waals surface area contributed by atoms with Gasteiger partial charge in [-0.05, 0) is 49.2 Å². The quantitative estimate of drug-likeness (QED) is 0.198. The molecule has 1 aliphatic rings. The zero-order valence-electron chi connectivity index (χ0n) is 21.2. The Kier molecular flexibility index (Phi) is 10.1. The van der Waals surface area contributed by atoms with Crippen LogP contribution in [0.1, 0.15) is 29.5 Å². The summed E-state index contributed by atoms with van der Waals surface area (Å²) in [6, 6.07) is 4.50. The summed E-state index contributed by atoms with van der Waals surface area (Å²) in [5.74, 6) is -1.87. The van der Waals surface area contributed by atoms with Crippen LogP contribution in [0.4, 0.5) is 41.2 Å². The van der Waals surface area contributed by atoms with Gasteiger partial charge in [0.1, 0.15) is 5.82 Å². The molecule has 1 atom stereocenters. The van der Waals surface area contributed by atoms with Gasteiger partial charge in [-0.1, -0.05) is 0 Å². The number of hydrogen-bond donors (Lipinski definition) is 2. The molecule has 0 aliphatic carbocycles. The molecule has 7 nitrogen and oxygen atoms in total. The average Bonchev–Trinajstić information content (AvgIpc) is 3.41. The molecule has 14 heteroatoms. The van der Waals surface area contributed by atoms with Crippen molar-refractivity contribution in [2.45, 2.75) is 31.3 Å². The second-order valence-electron chi connectivity index (χ2n) is 8.71. The Balaban J connectivity index is 1.93. The van der Waals surface area contributed by atoms with Gasteiger partial charge < -0.3 is 24.9 Å². The molecule has 0 radical (unpaired) electrons. The SMILES string of the molecule is CN(C(=O)Oc1c(/C(C=N)=C/NCCOCC2CCCO2)cc(C(F)(F)F)cc1C(F)(F)F)c1ccc(F)cc1. The fraction of sp³-hybridized carbons (Fsp3) is 0.385. The number of ether oxygens (including phenoxy) is 3. The van der Waals surface area contributed by atoms with E-state index in [0.29, 0.717) is 25.5 Å². The number of alkyl halides is 6. The van der Waals surface area contributed by atoms with Crippen LogP contribution in [0, 0.1) is 11.2 Å². The van der Waals surface area contributed by atoms with Gasteiger partial charge in [-0.15, -0.1) is 0 Å². The summed E-state index contributed by atoms with van der Waals surface area (Å²) >= 11 is 0. The smallest absolute Gasteiger partial charge is 0.409 e. The third-order valence-electron chi connectivity index (χ3n) is 5.84. The van der Waals surface area contributed by atoms with E-state index in [4.69, 9.17) is 19.6 Å². The van der Waals surface area contributed by atoms with E-state index in [0.717, 1.165) is 55.3 Å². The summed E-state index contributed by atoms with van der Waals surface area (Å²) in [5, 5.41) is 10.4. The molecule has 0 bridgehead atoms. The number of carbonyl (C=O) groups is 1. The fourth-order valence-corrected chi connectivity index (χ4v) is 3.75. The average molecular weight is 577 g/mol. The van der Waals surface area contributed by atoms with Gasteiger partial charge in [-0.2, -0.15) is 26.3 Å². The Hall–Kier alpha value is -3.65. The number of nitrogens with zero attached hydrogens (tertiary/aromatic N) is 1. The van der Waals surface area contributed by atoms with Crippen molar-refractivity contribution in [2.24, 2.45) is 0 Å². The van der Waals surface area contributed by atoms with Gasteiger partial charge in [0, 0.05) is 49.4 Å². The van der Waals surface area contributed by atoms with Crippen LogP contribution in [-0.2, 0) is 21.8 Å². The van der Waals surface area contributed by atoms with Gasteiger partial charge in [-0.3, -0.25) is 4.90 Å². The molecule has 0 spiro atoms. The van der Waals surface area contributed by atoms with Gasteiger partial charge in [0.25, 0.3) is 0 Å². The minimum Gasteiger partial charge on any atom is -0.409 e. The number of allylic oxidation sites excluding steroid dienone is 1. The Morgan fingerprint density at radius 3 is 2.42 bits per heavy atom. The van der Waals surface area contributed by atoms with Gasteiger partial charge >= 0.3 is 18.4 Å². The zero-order valence-corrected chi connectivity index (χ0v) is 21.2. The van der Waals surface area contributed by atoms with E-state index in [1.807, 2.05) is 0 Å². The minimum atomic E-state index is -5.36. The molecule has 0 saturated carbocycles. The van der Waals surface area contributed by atoms with Crippen LogP contribution < -0.4 is 15.0 Å². The first-order valence-electron chi connectivity index (χ1n) is 12.0. The molecule has 3 rings (SSSR count). The third kappa shape index (κ3) is 8.18. The Bertz CT molecular complexity index is 1210. The molecule has 1 aliphatic heterocycles. The minimum absolute atomic E-state index is 0.0381. The van der Waals surface area contributed by atoms with Crippen LogP contribution in [-0.4, -0.2) is 51.8 Å². The van der Waals surface area contributed by atoms with Crippen LogP contribution in [0.3, 0.4) is 0 Å². The lowest BCUT2D eigenvalue weighted by Gasteiger charge is -2.22. The number of amides is 1. The van der Waals surface area contributed by atoms with Crippen LogP contribution in [0.2, 0.25) is 0 Å². The molecule has 218 valence electrons. The van der Waals surface area contributed by atoms with Gasteiger partial charge in [0.2, 0.25) is 0 Å². The van der Waals surface area contributed by atoms with Crippen molar-refractivity contribution >= 4 is 23.6 Å². The summed E-state index contributed by atoms with van der Waals surface area (Å²) in [4.78, 5) is 13.5. The highest BCUT2D eigenvalue weighted by molar-refractivity contribution is 6.10. The molecule has 1 saturated heterocycles. The summed E-state index contributed by atoms with van der Waals surface area (Å²) in [7, 11) is 1.12. The maximum absolute atomic E-state index is 14.0. The van der Waals surface area contributed by atoms with Crippen molar-refractivity contribution in [3.05, 3.63) is 65.1 Å². The summed E-state index contributed by atoms with van der Waals surface area (Å²) in [6.07, 6.45) is -8.66. The topological polar surface area (TPSA) is 83.9 Å². The van der Waals surface area contributed by atoms with Crippen LogP contribution in [0.25, 0.3) is 5.57 Å².